The van der Waals surface area contributed by atoms with Crippen molar-refractivity contribution < 1.29 is 13.9 Å². The van der Waals surface area contributed by atoms with E-state index in [0.29, 0.717) is 50.6 Å². The summed E-state index contributed by atoms with van der Waals surface area (Å²) in [6.45, 7) is 5.75. The van der Waals surface area contributed by atoms with Crippen molar-refractivity contribution in [2.75, 3.05) is 62.3 Å². The molecular weight excluding hydrogens is 413 g/mol. The molecule has 2 aliphatic rings. The van der Waals surface area contributed by atoms with Crippen LogP contribution in [-0.2, 0) is 16.0 Å². The number of nitrogens with zero attached hydrogens (tertiary/aromatic N) is 7. The van der Waals surface area contributed by atoms with Gasteiger partial charge in [-0.05, 0) is 36.4 Å². The van der Waals surface area contributed by atoms with Gasteiger partial charge in [0, 0.05) is 57.8 Å². The number of hydrogen-bond acceptors (Lipinski definition) is 7. The van der Waals surface area contributed by atoms with E-state index in [1.54, 1.807) is 16.6 Å². The first-order valence-electron chi connectivity index (χ1n) is 11.0. The van der Waals surface area contributed by atoms with Gasteiger partial charge in [-0.25, -0.2) is 4.39 Å². The maximum absolute atomic E-state index is 13.1. The molecule has 0 bridgehead atoms. The Kier molecular flexibility index (Phi) is 5.85. The van der Waals surface area contributed by atoms with Crippen molar-refractivity contribution in [1.29, 1.82) is 0 Å². The standard InChI is InChI=1S/C22H26FN7O2/c23-17-1-3-18(4-2-17)27-9-11-29(12-10-27)22(31)8-7-20-25-24-19-5-6-21(26-30(19)20)28-13-15-32-16-14-28/h1-6H,7-16H2. The molecule has 1 amide bonds. The average Bonchev–Trinajstić information content (AvgIpc) is 3.26. The highest BCUT2D eigenvalue weighted by molar-refractivity contribution is 5.76. The van der Waals surface area contributed by atoms with Crippen LogP contribution >= 0.6 is 0 Å². The van der Waals surface area contributed by atoms with Crippen LogP contribution in [0.4, 0.5) is 15.9 Å². The van der Waals surface area contributed by atoms with E-state index in [9.17, 15) is 9.18 Å². The quantitative estimate of drug-likeness (QED) is 0.594. The number of piperazine rings is 1. The molecule has 2 fully saturated rings. The summed E-state index contributed by atoms with van der Waals surface area (Å²) in [5, 5.41) is 13.2. The van der Waals surface area contributed by atoms with Crippen LogP contribution in [0.1, 0.15) is 12.2 Å². The molecule has 2 aromatic heterocycles. The number of morpholine rings is 1. The van der Waals surface area contributed by atoms with Gasteiger partial charge in [-0.15, -0.1) is 15.3 Å². The molecule has 0 aliphatic carbocycles. The molecule has 0 spiro atoms. The largest absolute Gasteiger partial charge is 0.378 e. The van der Waals surface area contributed by atoms with Gasteiger partial charge >= 0.3 is 0 Å². The number of amides is 1. The predicted molar refractivity (Wildman–Crippen MR) is 117 cm³/mol. The van der Waals surface area contributed by atoms with E-state index >= 15 is 0 Å². The van der Waals surface area contributed by atoms with Gasteiger partial charge < -0.3 is 19.4 Å². The molecule has 4 heterocycles. The molecule has 0 saturated carbocycles. The summed E-state index contributed by atoms with van der Waals surface area (Å²) in [5.74, 6) is 1.42. The molecule has 1 aromatic carbocycles. The van der Waals surface area contributed by atoms with Gasteiger partial charge in [-0.3, -0.25) is 4.79 Å². The highest BCUT2D eigenvalue weighted by Crippen LogP contribution is 2.18. The Labute approximate surface area is 185 Å². The number of carbonyl (C=O) groups is 1. The zero-order chi connectivity index (χ0) is 21.9. The van der Waals surface area contributed by atoms with E-state index in [2.05, 4.69) is 20.0 Å². The maximum Gasteiger partial charge on any atom is 0.223 e. The van der Waals surface area contributed by atoms with E-state index in [4.69, 9.17) is 9.84 Å². The van der Waals surface area contributed by atoms with Gasteiger partial charge in [0.1, 0.15) is 11.6 Å². The number of benzene rings is 1. The van der Waals surface area contributed by atoms with Crippen LogP contribution in [-0.4, -0.2) is 83.1 Å². The van der Waals surface area contributed by atoms with Gasteiger partial charge in [0.2, 0.25) is 5.91 Å². The Balaban J connectivity index is 1.18. The zero-order valence-corrected chi connectivity index (χ0v) is 17.9. The molecule has 5 rings (SSSR count). The fourth-order valence-electron chi connectivity index (χ4n) is 4.18. The van der Waals surface area contributed by atoms with E-state index < -0.39 is 0 Å². The molecule has 10 heteroatoms. The second-order valence-electron chi connectivity index (χ2n) is 8.02. The topological polar surface area (TPSA) is 79.1 Å². The SMILES string of the molecule is O=C(CCc1nnc2ccc(N3CCOCC3)nn12)N1CCN(c2ccc(F)cc2)CC1. The second-order valence-corrected chi connectivity index (χ2v) is 8.02. The summed E-state index contributed by atoms with van der Waals surface area (Å²) < 4.78 is 20.3. The lowest BCUT2D eigenvalue weighted by Gasteiger charge is -2.36. The molecular formula is C22H26FN7O2. The number of ether oxygens (including phenoxy) is 1. The maximum atomic E-state index is 13.1. The van der Waals surface area contributed by atoms with E-state index in [1.165, 1.54) is 12.1 Å². The number of anilines is 2. The monoisotopic (exact) mass is 439 g/mol. The summed E-state index contributed by atoms with van der Waals surface area (Å²) in [4.78, 5) is 19.0. The van der Waals surface area contributed by atoms with E-state index in [-0.39, 0.29) is 11.7 Å². The summed E-state index contributed by atoms with van der Waals surface area (Å²) in [7, 11) is 0. The minimum Gasteiger partial charge on any atom is -0.378 e. The fourth-order valence-corrected chi connectivity index (χ4v) is 4.18. The third-order valence-electron chi connectivity index (χ3n) is 6.04. The van der Waals surface area contributed by atoms with Crippen molar-refractivity contribution in [2.45, 2.75) is 12.8 Å². The van der Waals surface area contributed by atoms with Crippen LogP contribution in [0.2, 0.25) is 0 Å². The first-order chi connectivity index (χ1) is 15.7. The van der Waals surface area contributed by atoms with Crippen molar-refractivity contribution in [3.63, 3.8) is 0 Å². The van der Waals surface area contributed by atoms with Crippen LogP contribution in [0, 0.1) is 5.82 Å². The highest BCUT2D eigenvalue weighted by atomic mass is 19.1. The Morgan fingerprint density at radius 3 is 2.41 bits per heavy atom. The molecule has 3 aromatic rings. The minimum absolute atomic E-state index is 0.102. The first kappa shape index (κ1) is 20.6. The van der Waals surface area contributed by atoms with Crippen LogP contribution < -0.4 is 9.80 Å². The Morgan fingerprint density at radius 2 is 1.66 bits per heavy atom. The number of aryl methyl sites for hydroxylation is 1. The molecule has 9 nitrogen and oxygen atoms in total. The number of halogens is 1. The normalized spacial score (nSPS) is 17.2. The molecule has 2 aliphatic heterocycles. The summed E-state index contributed by atoms with van der Waals surface area (Å²) in [6.07, 6.45) is 0.846. The summed E-state index contributed by atoms with van der Waals surface area (Å²) >= 11 is 0. The Morgan fingerprint density at radius 1 is 0.906 bits per heavy atom. The number of fused-ring (bicyclic) bond motifs is 1. The zero-order valence-electron chi connectivity index (χ0n) is 17.9. The molecule has 0 N–H and O–H groups in total. The predicted octanol–water partition coefficient (Wildman–Crippen LogP) is 1.38. The lowest BCUT2D eigenvalue weighted by atomic mass is 10.2. The summed E-state index contributed by atoms with van der Waals surface area (Å²) in [6, 6.07) is 10.3. The number of hydrogen-bond donors (Lipinski definition) is 0. The first-order valence-corrected chi connectivity index (χ1v) is 11.0. The van der Waals surface area contributed by atoms with Crippen LogP contribution in [0.5, 0.6) is 0 Å². The average molecular weight is 439 g/mol. The van der Waals surface area contributed by atoms with Crippen molar-refractivity contribution in [1.82, 2.24) is 24.7 Å². The fraction of sp³-hybridized carbons (Fsp3) is 0.455. The van der Waals surface area contributed by atoms with Crippen molar-refractivity contribution >= 4 is 23.1 Å². The van der Waals surface area contributed by atoms with Gasteiger partial charge in [0.15, 0.2) is 11.5 Å². The van der Waals surface area contributed by atoms with Crippen molar-refractivity contribution in [3.05, 3.63) is 48.0 Å². The van der Waals surface area contributed by atoms with E-state index in [0.717, 1.165) is 37.7 Å². The molecule has 0 atom stereocenters. The smallest absolute Gasteiger partial charge is 0.223 e. The van der Waals surface area contributed by atoms with Gasteiger partial charge in [-0.2, -0.15) is 4.52 Å². The lowest BCUT2D eigenvalue weighted by Crippen LogP contribution is -2.48. The van der Waals surface area contributed by atoms with Crippen LogP contribution in [0.25, 0.3) is 5.65 Å². The van der Waals surface area contributed by atoms with Crippen molar-refractivity contribution in [3.8, 4) is 0 Å². The van der Waals surface area contributed by atoms with Crippen molar-refractivity contribution in [2.24, 2.45) is 0 Å². The molecule has 32 heavy (non-hydrogen) atoms. The molecule has 168 valence electrons. The number of carbonyl (C=O) groups excluding carboxylic acids is 1. The van der Waals surface area contributed by atoms with E-state index in [1.807, 2.05) is 17.0 Å². The Bertz CT molecular complexity index is 1070. The Hall–Kier alpha value is -3.27. The van der Waals surface area contributed by atoms with Crippen LogP contribution in [0.15, 0.2) is 36.4 Å². The third kappa shape index (κ3) is 4.36. The van der Waals surface area contributed by atoms with Gasteiger partial charge in [-0.1, -0.05) is 0 Å². The molecule has 0 radical (unpaired) electrons. The molecule has 2 saturated heterocycles. The highest BCUT2D eigenvalue weighted by Gasteiger charge is 2.22. The minimum atomic E-state index is -0.241. The number of aromatic nitrogens is 4. The summed E-state index contributed by atoms with van der Waals surface area (Å²) in [5.41, 5.74) is 1.66. The third-order valence-corrected chi connectivity index (χ3v) is 6.04. The number of rotatable bonds is 5. The van der Waals surface area contributed by atoms with Crippen LogP contribution in [0.3, 0.4) is 0 Å². The lowest BCUT2D eigenvalue weighted by molar-refractivity contribution is -0.131. The van der Waals surface area contributed by atoms with Gasteiger partial charge in [0.05, 0.1) is 13.2 Å². The second kappa shape index (κ2) is 9.07. The van der Waals surface area contributed by atoms with Gasteiger partial charge in [0.25, 0.3) is 0 Å². The molecule has 0 unspecified atom stereocenters.